The molecule has 1 saturated heterocycles. The summed E-state index contributed by atoms with van der Waals surface area (Å²) < 4.78 is 26.6. The summed E-state index contributed by atoms with van der Waals surface area (Å²) in [7, 11) is -1.75. The van der Waals surface area contributed by atoms with Gasteiger partial charge in [0.2, 0.25) is 0 Å². The van der Waals surface area contributed by atoms with Crippen molar-refractivity contribution in [1.29, 1.82) is 0 Å². The molecule has 0 bridgehead atoms. The molecule has 1 fully saturated rings. The van der Waals surface area contributed by atoms with Gasteiger partial charge in [0.25, 0.3) is 10.0 Å². The van der Waals surface area contributed by atoms with Crippen molar-refractivity contribution >= 4 is 45.4 Å². The second kappa shape index (κ2) is 5.86. The third kappa shape index (κ3) is 3.13. The van der Waals surface area contributed by atoms with Crippen LogP contribution in [0.1, 0.15) is 6.42 Å². The second-order valence-electron chi connectivity index (χ2n) is 3.73. The Balaban J connectivity index is 0.00000144. The lowest BCUT2D eigenvalue weighted by atomic mass is 10.3. The summed E-state index contributed by atoms with van der Waals surface area (Å²) in [5.74, 6) is 0. The zero-order valence-corrected chi connectivity index (χ0v) is 12.4. The monoisotopic (exact) mass is 316 g/mol. The summed E-state index contributed by atoms with van der Waals surface area (Å²) in [4.78, 5) is 0. The molecular weight excluding hydrogens is 303 g/mol. The Morgan fingerprint density at radius 2 is 2.24 bits per heavy atom. The summed E-state index contributed by atoms with van der Waals surface area (Å²) in [6.45, 7) is 1.59. The Morgan fingerprint density at radius 1 is 1.53 bits per heavy atom. The van der Waals surface area contributed by atoms with E-state index in [4.69, 9.17) is 11.6 Å². The van der Waals surface area contributed by atoms with Crippen LogP contribution in [0.3, 0.4) is 0 Å². The van der Waals surface area contributed by atoms with Crippen LogP contribution >= 0.6 is 35.3 Å². The Morgan fingerprint density at radius 3 is 2.71 bits per heavy atom. The first kappa shape index (κ1) is 15.2. The SMILES string of the molecule is CN(C1CCNC1)S(=O)(=O)c1ccc(Cl)s1.Cl. The van der Waals surface area contributed by atoms with Gasteiger partial charge in [0, 0.05) is 19.6 Å². The number of rotatable bonds is 3. The average Bonchev–Trinajstić information content (AvgIpc) is 2.86. The van der Waals surface area contributed by atoms with Crippen molar-refractivity contribution in [2.24, 2.45) is 0 Å². The molecule has 1 aliphatic rings. The van der Waals surface area contributed by atoms with Crippen LogP contribution in [0, 0.1) is 0 Å². The van der Waals surface area contributed by atoms with Crippen LogP contribution in [-0.4, -0.2) is 38.9 Å². The highest BCUT2D eigenvalue weighted by Gasteiger charge is 2.30. The Bertz CT molecular complexity index is 469. The molecule has 1 aromatic rings. The molecule has 8 heteroatoms. The third-order valence-corrected chi connectivity index (χ3v) is 6.34. The largest absolute Gasteiger partial charge is 0.315 e. The first-order valence-corrected chi connectivity index (χ1v) is 7.59. The van der Waals surface area contributed by atoms with Gasteiger partial charge in [0.05, 0.1) is 4.34 Å². The van der Waals surface area contributed by atoms with E-state index in [0.717, 1.165) is 30.8 Å². The maximum Gasteiger partial charge on any atom is 0.252 e. The molecule has 0 amide bonds. The number of nitrogens with zero attached hydrogens (tertiary/aromatic N) is 1. The zero-order chi connectivity index (χ0) is 11.8. The van der Waals surface area contributed by atoms with Crippen molar-refractivity contribution in [2.75, 3.05) is 20.1 Å². The van der Waals surface area contributed by atoms with E-state index in [1.54, 1.807) is 19.2 Å². The quantitative estimate of drug-likeness (QED) is 0.925. The molecular formula is C9H14Cl2N2O2S2. The average molecular weight is 317 g/mol. The standard InChI is InChI=1S/C9H13ClN2O2S2.ClH/c1-12(7-4-5-11-6-7)16(13,14)9-3-2-8(10)15-9;/h2-3,7,11H,4-6H2,1H3;1H. The first-order valence-electron chi connectivity index (χ1n) is 4.96. The number of hydrogen-bond acceptors (Lipinski definition) is 4. The fourth-order valence-corrected chi connectivity index (χ4v) is 4.78. The van der Waals surface area contributed by atoms with Crippen LogP contribution in [0.5, 0.6) is 0 Å². The molecule has 98 valence electrons. The second-order valence-corrected chi connectivity index (χ2v) is 7.67. The summed E-state index contributed by atoms with van der Waals surface area (Å²) >= 11 is 6.85. The third-order valence-electron chi connectivity index (χ3n) is 2.73. The fraction of sp³-hybridized carbons (Fsp3) is 0.556. The van der Waals surface area contributed by atoms with Crippen LogP contribution in [0.25, 0.3) is 0 Å². The normalized spacial score (nSPS) is 20.5. The van der Waals surface area contributed by atoms with Gasteiger partial charge in [-0.05, 0) is 25.1 Å². The Labute approximate surface area is 116 Å². The Hall–Kier alpha value is 0.150. The minimum Gasteiger partial charge on any atom is -0.315 e. The van der Waals surface area contributed by atoms with E-state index in [2.05, 4.69) is 5.32 Å². The lowest BCUT2D eigenvalue weighted by Crippen LogP contribution is -2.37. The van der Waals surface area contributed by atoms with Crippen molar-refractivity contribution in [3.8, 4) is 0 Å². The lowest BCUT2D eigenvalue weighted by Gasteiger charge is -2.22. The highest BCUT2D eigenvalue weighted by molar-refractivity contribution is 7.91. The van der Waals surface area contributed by atoms with E-state index in [-0.39, 0.29) is 18.4 Å². The van der Waals surface area contributed by atoms with Crippen molar-refractivity contribution in [2.45, 2.75) is 16.7 Å². The van der Waals surface area contributed by atoms with Crippen LogP contribution < -0.4 is 5.32 Å². The van der Waals surface area contributed by atoms with Crippen molar-refractivity contribution in [3.05, 3.63) is 16.5 Å². The number of sulfonamides is 1. The number of thiophene rings is 1. The smallest absolute Gasteiger partial charge is 0.252 e. The molecule has 1 aliphatic heterocycles. The van der Waals surface area contributed by atoms with E-state index in [1.165, 1.54) is 4.31 Å². The van der Waals surface area contributed by atoms with Gasteiger partial charge >= 0.3 is 0 Å². The topological polar surface area (TPSA) is 49.4 Å². The van der Waals surface area contributed by atoms with E-state index < -0.39 is 10.0 Å². The number of hydrogen-bond donors (Lipinski definition) is 1. The highest BCUT2D eigenvalue weighted by atomic mass is 35.5. The van der Waals surface area contributed by atoms with Crippen molar-refractivity contribution < 1.29 is 8.42 Å². The van der Waals surface area contributed by atoms with E-state index in [0.29, 0.717) is 8.55 Å². The zero-order valence-electron chi connectivity index (χ0n) is 9.22. The molecule has 1 unspecified atom stereocenters. The predicted octanol–water partition coefficient (Wildman–Crippen LogP) is 1.81. The van der Waals surface area contributed by atoms with E-state index in [1.807, 2.05) is 0 Å². The van der Waals surface area contributed by atoms with Gasteiger partial charge in [-0.15, -0.1) is 23.7 Å². The van der Waals surface area contributed by atoms with Crippen LogP contribution in [0.4, 0.5) is 0 Å². The number of likely N-dealkylation sites (N-methyl/N-ethyl adjacent to an activating group) is 1. The maximum atomic E-state index is 12.2. The minimum atomic E-state index is -3.37. The van der Waals surface area contributed by atoms with Gasteiger partial charge in [-0.2, -0.15) is 4.31 Å². The molecule has 4 nitrogen and oxygen atoms in total. The molecule has 0 aliphatic carbocycles. The predicted molar refractivity (Wildman–Crippen MR) is 72.8 cm³/mol. The lowest BCUT2D eigenvalue weighted by molar-refractivity contribution is 0.389. The highest BCUT2D eigenvalue weighted by Crippen LogP contribution is 2.28. The first-order chi connectivity index (χ1) is 7.51. The molecule has 1 atom stereocenters. The van der Waals surface area contributed by atoms with Gasteiger partial charge < -0.3 is 5.32 Å². The molecule has 0 spiro atoms. The van der Waals surface area contributed by atoms with Gasteiger partial charge in [-0.1, -0.05) is 11.6 Å². The van der Waals surface area contributed by atoms with E-state index >= 15 is 0 Å². The molecule has 2 rings (SSSR count). The molecule has 1 N–H and O–H groups in total. The van der Waals surface area contributed by atoms with Gasteiger partial charge in [0.1, 0.15) is 4.21 Å². The molecule has 0 radical (unpaired) electrons. The van der Waals surface area contributed by atoms with Gasteiger partial charge in [0.15, 0.2) is 0 Å². The summed E-state index contributed by atoms with van der Waals surface area (Å²) in [6, 6.07) is 3.21. The minimum absolute atomic E-state index is 0. The van der Waals surface area contributed by atoms with Crippen LogP contribution in [0.15, 0.2) is 16.3 Å². The molecule has 0 aromatic carbocycles. The van der Waals surface area contributed by atoms with Gasteiger partial charge in [-0.3, -0.25) is 0 Å². The Kier molecular flexibility index (Phi) is 5.24. The summed E-state index contributed by atoms with van der Waals surface area (Å²) in [6.07, 6.45) is 0.856. The van der Waals surface area contributed by atoms with Crippen LogP contribution in [-0.2, 0) is 10.0 Å². The number of nitrogens with one attached hydrogen (secondary N) is 1. The molecule has 17 heavy (non-hydrogen) atoms. The maximum absolute atomic E-state index is 12.2. The number of halogens is 2. The summed E-state index contributed by atoms with van der Waals surface area (Å²) in [5, 5.41) is 3.15. The molecule has 1 aromatic heterocycles. The van der Waals surface area contributed by atoms with Crippen molar-refractivity contribution in [3.63, 3.8) is 0 Å². The molecule has 2 heterocycles. The van der Waals surface area contributed by atoms with Crippen LogP contribution in [0.2, 0.25) is 4.34 Å². The summed E-state index contributed by atoms with van der Waals surface area (Å²) in [5.41, 5.74) is 0. The van der Waals surface area contributed by atoms with Gasteiger partial charge in [-0.25, -0.2) is 8.42 Å². The van der Waals surface area contributed by atoms with E-state index in [9.17, 15) is 8.42 Å². The molecule has 0 saturated carbocycles. The van der Waals surface area contributed by atoms with Crippen molar-refractivity contribution in [1.82, 2.24) is 9.62 Å². The fourth-order valence-electron chi connectivity index (χ4n) is 1.72.